The first-order chi connectivity index (χ1) is 12.3. The highest BCUT2D eigenvalue weighted by atomic mass is 32.2. The van der Waals surface area contributed by atoms with E-state index in [1.807, 2.05) is 6.92 Å². The minimum absolute atomic E-state index is 0.0500. The lowest BCUT2D eigenvalue weighted by molar-refractivity contribution is -0.128. The Bertz CT molecular complexity index is 682. The van der Waals surface area contributed by atoms with Gasteiger partial charge in [0.1, 0.15) is 11.5 Å². The van der Waals surface area contributed by atoms with Gasteiger partial charge in [-0.1, -0.05) is 13.3 Å². The standard InChI is InChI=1S/C18H28N2O5S/c1-3-4-13-26(23,24)20-11-9-15(10-12-20)19-18(22)14(2)25-17-7-5-16(21)6-8-17/h5-8,14-15,21H,3-4,9-13H2,1-2H3,(H,19,22). The molecule has 0 radical (unpaired) electrons. The summed E-state index contributed by atoms with van der Waals surface area (Å²) in [6, 6.07) is 6.13. The van der Waals surface area contributed by atoms with Crippen LogP contribution in [0.3, 0.4) is 0 Å². The molecule has 1 aromatic rings. The molecule has 1 aliphatic rings. The van der Waals surface area contributed by atoms with Crippen molar-refractivity contribution < 1.29 is 23.1 Å². The van der Waals surface area contributed by atoms with Gasteiger partial charge in [0.2, 0.25) is 10.0 Å². The molecule has 1 aliphatic heterocycles. The van der Waals surface area contributed by atoms with E-state index in [9.17, 15) is 18.3 Å². The van der Waals surface area contributed by atoms with Gasteiger partial charge in [0, 0.05) is 19.1 Å². The average Bonchev–Trinajstić information content (AvgIpc) is 2.62. The molecule has 1 saturated heterocycles. The molecule has 26 heavy (non-hydrogen) atoms. The minimum atomic E-state index is -3.18. The largest absolute Gasteiger partial charge is 0.508 e. The van der Waals surface area contributed by atoms with Crippen LogP contribution in [0.4, 0.5) is 0 Å². The Morgan fingerprint density at radius 3 is 2.50 bits per heavy atom. The second-order valence-corrected chi connectivity index (χ2v) is 8.69. The van der Waals surface area contributed by atoms with Gasteiger partial charge in [-0.25, -0.2) is 12.7 Å². The van der Waals surface area contributed by atoms with Gasteiger partial charge in [-0.15, -0.1) is 0 Å². The lowest BCUT2D eigenvalue weighted by Crippen LogP contribution is -2.49. The van der Waals surface area contributed by atoms with Crippen LogP contribution in [0.25, 0.3) is 0 Å². The quantitative estimate of drug-likeness (QED) is 0.713. The second kappa shape index (κ2) is 9.23. The molecule has 1 amide bonds. The zero-order valence-corrected chi connectivity index (χ0v) is 16.2. The topological polar surface area (TPSA) is 95.9 Å². The van der Waals surface area contributed by atoms with Crippen molar-refractivity contribution in [3.8, 4) is 11.5 Å². The second-order valence-electron chi connectivity index (χ2n) is 6.61. The first-order valence-corrected chi connectivity index (χ1v) is 10.7. The number of unbranched alkanes of at least 4 members (excludes halogenated alkanes) is 1. The van der Waals surface area contributed by atoms with Gasteiger partial charge in [0.25, 0.3) is 5.91 Å². The first-order valence-electron chi connectivity index (χ1n) is 9.05. The molecule has 0 saturated carbocycles. The number of ether oxygens (including phenoxy) is 1. The molecule has 8 heteroatoms. The molecule has 2 rings (SSSR count). The van der Waals surface area contributed by atoms with Crippen molar-refractivity contribution in [2.75, 3.05) is 18.8 Å². The molecule has 0 spiro atoms. The Morgan fingerprint density at radius 1 is 1.31 bits per heavy atom. The van der Waals surface area contributed by atoms with Gasteiger partial charge in [0.15, 0.2) is 6.10 Å². The van der Waals surface area contributed by atoms with Crippen LogP contribution in [0.5, 0.6) is 11.5 Å². The van der Waals surface area contributed by atoms with Crippen molar-refractivity contribution in [2.24, 2.45) is 0 Å². The van der Waals surface area contributed by atoms with Gasteiger partial charge in [-0.2, -0.15) is 0 Å². The van der Waals surface area contributed by atoms with Crippen LogP contribution in [0.1, 0.15) is 39.5 Å². The number of piperidine rings is 1. The third-order valence-electron chi connectivity index (χ3n) is 4.47. The number of benzene rings is 1. The summed E-state index contributed by atoms with van der Waals surface area (Å²) in [7, 11) is -3.18. The number of carbonyl (C=O) groups is 1. The number of hydrogen-bond donors (Lipinski definition) is 2. The van der Waals surface area contributed by atoms with E-state index in [2.05, 4.69) is 5.32 Å². The monoisotopic (exact) mass is 384 g/mol. The number of amides is 1. The average molecular weight is 384 g/mol. The number of nitrogens with one attached hydrogen (secondary N) is 1. The molecule has 0 aromatic heterocycles. The van der Waals surface area contributed by atoms with Crippen LogP contribution in [-0.2, 0) is 14.8 Å². The zero-order valence-electron chi connectivity index (χ0n) is 15.3. The van der Waals surface area contributed by atoms with Crippen LogP contribution in [0.15, 0.2) is 24.3 Å². The summed E-state index contributed by atoms with van der Waals surface area (Å²) in [4.78, 5) is 12.3. The minimum Gasteiger partial charge on any atom is -0.508 e. The zero-order chi connectivity index (χ0) is 19.2. The predicted octanol–water partition coefficient (Wildman–Crippen LogP) is 1.87. The van der Waals surface area contributed by atoms with Gasteiger partial charge in [-0.3, -0.25) is 4.79 Å². The van der Waals surface area contributed by atoms with Gasteiger partial charge >= 0.3 is 0 Å². The van der Waals surface area contributed by atoms with E-state index in [0.717, 1.165) is 6.42 Å². The summed E-state index contributed by atoms with van der Waals surface area (Å²) in [5.74, 6) is 0.598. The molecule has 0 bridgehead atoms. The molecule has 7 nitrogen and oxygen atoms in total. The normalized spacial score (nSPS) is 17.6. The maximum Gasteiger partial charge on any atom is 0.260 e. The van der Waals surface area contributed by atoms with Gasteiger partial charge < -0.3 is 15.2 Å². The third kappa shape index (κ3) is 5.88. The maximum absolute atomic E-state index is 12.3. The number of aromatic hydroxyl groups is 1. The molecule has 1 heterocycles. The number of hydrogen-bond acceptors (Lipinski definition) is 5. The fourth-order valence-electron chi connectivity index (χ4n) is 2.84. The van der Waals surface area contributed by atoms with E-state index in [4.69, 9.17) is 4.74 Å². The van der Waals surface area contributed by atoms with E-state index in [-0.39, 0.29) is 23.5 Å². The molecule has 0 aliphatic carbocycles. The fourth-order valence-corrected chi connectivity index (χ4v) is 4.51. The summed E-state index contributed by atoms with van der Waals surface area (Å²) in [6.45, 7) is 4.50. The molecule has 2 N–H and O–H groups in total. The molecule has 146 valence electrons. The van der Waals surface area contributed by atoms with Gasteiger partial charge in [0.05, 0.1) is 5.75 Å². The fraction of sp³-hybridized carbons (Fsp3) is 0.611. The van der Waals surface area contributed by atoms with Crippen LogP contribution < -0.4 is 10.1 Å². The van der Waals surface area contributed by atoms with Crippen molar-refractivity contribution in [1.29, 1.82) is 0 Å². The third-order valence-corrected chi connectivity index (χ3v) is 6.42. The maximum atomic E-state index is 12.3. The predicted molar refractivity (Wildman–Crippen MR) is 99.6 cm³/mol. The van der Waals surface area contributed by atoms with Crippen LogP contribution in [-0.4, -0.2) is 54.7 Å². The van der Waals surface area contributed by atoms with Gasteiger partial charge in [-0.05, 0) is 50.5 Å². The van der Waals surface area contributed by atoms with E-state index in [1.165, 1.54) is 16.4 Å². The highest BCUT2D eigenvalue weighted by Crippen LogP contribution is 2.18. The van der Waals surface area contributed by atoms with E-state index in [0.29, 0.717) is 38.1 Å². The van der Waals surface area contributed by atoms with Crippen molar-refractivity contribution in [3.05, 3.63) is 24.3 Å². The summed E-state index contributed by atoms with van der Waals surface area (Å²) < 4.78 is 31.5. The highest BCUT2D eigenvalue weighted by molar-refractivity contribution is 7.89. The number of phenolic OH excluding ortho intramolecular Hbond substituents is 1. The Kier molecular flexibility index (Phi) is 7.28. The number of rotatable bonds is 8. The van der Waals surface area contributed by atoms with E-state index < -0.39 is 16.1 Å². The Hall–Kier alpha value is -1.80. The summed E-state index contributed by atoms with van der Waals surface area (Å²) in [5, 5.41) is 12.2. The van der Waals surface area contributed by atoms with E-state index in [1.54, 1.807) is 19.1 Å². The van der Waals surface area contributed by atoms with Crippen LogP contribution in [0.2, 0.25) is 0 Å². The number of carbonyl (C=O) groups excluding carboxylic acids is 1. The van der Waals surface area contributed by atoms with Crippen molar-refractivity contribution in [3.63, 3.8) is 0 Å². The van der Waals surface area contributed by atoms with Crippen molar-refractivity contribution in [1.82, 2.24) is 9.62 Å². The lowest BCUT2D eigenvalue weighted by Gasteiger charge is -2.32. The molecular weight excluding hydrogens is 356 g/mol. The number of phenols is 1. The number of sulfonamides is 1. The molecular formula is C18H28N2O5S. The van der Waals surface area contributed by atoms with Crippen molar-refractivity contribution in [2.45, 2.75) is 51.7 Å². The van der Waals surface area contributed by atoms with Crippen LogP contribution in [0, 0.1) is 0 Å². The molecule has 1 unspecified atom stereocenters. The summed E-state index contributed by atoms with van der Waals surface area (Å²) >= 11 is 0. The Balaban J connectivity index is 1.79. The summed E-state index contributed by atoms with van der Waals surface area (Å²) in [5.41, 5.74) is 0. The van der Waals surface area contributed by atoms with Crippen molar-refractivity contribution >= 4 is 15.9 Å². The molecule has 1 atom stereocenters. The van der Waals surface area contributed by atoms with Crippen LogP contribution >= 0.6 is 0 Å². The molecule has 1 aromatic carbocycles. The Morgan fingerprint density at radius 2 is 1.92 bits per heavy atom. The highest BCUT2D eigenvalue weighted by Gasteiger charge is 2.29. The Labute approximate surface area is 155 Å². The van der Waals surface area contributed by atoms with E-state index >= 15 is 0 Å². The smallest absolute Gasteiger partial charge is 0.260 e. The molecule has 1 fully saturated rings. The SMILES string of the molecule is CCCCS(=O)(=O)N1CCC(NC(=O)C(C)Oc2ccc(O)cc2)CC1. The number of nitrogens with zero attached hydrogens (tertiary/aromatic N) is 1. The summed E-state index contributed by atoms with van der Waals surface area (Å²) in [6.07, 6.45) is 2.05. The first kappa shape index (κ1) is 20.5. The lowest BCUT2D eigenvalue weighted by atomic mass is 10.1.